The third-order valence-electron chi connectivity index (χ3n) is 2.75. The predicted molar refractivity (Wildman–Crippen MR) is 66.5 cm³/mol. The van der Waals surface area contributed by atoms with Gasteiger partial charge in [-0.2, -0.15) is 0 Å². The van der Waals surface area contributed by atoms with E-state index in [2.05, 4.69) is 14.9 Å². The van der Waals surface area contributed by atoms with Crippen LogP contribution >= 0.6 is 11.5 Å². The standard InChI is InChI=1S/C12H13F2N3S/c1-3-10-12(18-17-16-10)11(15-2)7-4-5-8(13)9(14)6-7/h4-6,11,15H,3H2,1-2H3. The van der Waals surface area contributed by atoms with Crippen LogP contribution in [0.2, 0.25) is 0 Å². The number of aryl methyl sites for hydroxylation is 1. The van der Waals surface area contributed by atoms with Gasteiger partial charge in [-0.3, -0.25) is 0 Å². The van der Waals surface area contributed by atoms with Gasteiger partial charge in [0, 0.05) is 0 Å². The fourth-order valence-electron chi connectivity index (χ4n) is 1.82. The number of benzene rings is 1. The Balaban J connectivity index is 2.42. The smallest absolute Gasteiger partial charge is 0.159 e. The maximum atomic E-state index is 13.3. The molecule has 1 heterocycles. The Bertz CT molecular complexity index is 542. The Morgan fingerprint density at radius 1 is 1.33 bits per heavy atom. The summed E-state index contributed by atoms with van der Waals surface area (Å²) in [5.41, 5.74) is 1.54. The summed E-state index contributed by atoms with van der Waals surface area (Å²) in [5.74, 6) is -1.69. The first-order valence-corrected chi connectivity index (χ1v) is 6.38. The minimum atomic E-state index is -0.844. The second kappa shape index (κ2) is 5.49. The highest BCUT2D eigenvalue weighted by Gasteiger charge is 2.20. The van der Waals surface area contributed by atoms with Gasteiger partial charge in [0.2, 0.25) is 0 Å². The molecule has 6 heteroatoms. The highest BCUT2D eigenvalue weighted by atomic mass is 32.1. The maximum absolute atomic E-state index is 13.3. The molecule has 1 unspecified atom stereocenters. The van der Waals surface area contributed by atoms with E-state index >= 15 is 0 Å². The van der Waals surface area contributed by atoms with Gasteiger partial charge in [-0.25, -0.2) is 8.78 Å². The Hall–Kier alpha value is -1.40. The summed E-state index contributed by atoms with van der Waals surface area (Å²) >= 11 is 1.27. The van der Waals surface area contributed by atoms with Gasteiger partial charge in [0.05, 0.1) is 16.6 Å². The molecule has 0 aliphatic carbocycles. The van der Waals surface area contributed by atoms with Crippen molar-refractivity contribution in [1.82, 2.24) is 14.9 Å². The number of hydrogen-bond donors (Lipinski definition) is 1. The molecule has 0 aliphatic rings. The lowest BCUT2D eigenvalue weighted by molar-refractivity contribution is 0.505. The molecule has 0 bridgehead atoms. The van der Waals surface area contributed by atoms with Gasteiger partial charge >= 0.3 is 0 Å². The predicted octanol–water partition coefficient (Wildman–Crippen LogP) is 2.69. The lowest BCUT2D eigenvalue weighted by atomic mass is 10.0. The molecule has 1 aromatic heterocycles. The van der Waals surface area contributed by atoms with Crippen LogP contribution in [0.3, 0.4) is 0 Å². The van der Waals surface area contributed by atoms with Crippen molar-refractivity contribution in [3.05, 3.63) is 46.0 Å². The minimum absolute atomic E-state index is 0.213. The second-order valence-electron chi connectivity index (χ2n) is 3.83. The van der Waals surface area contributed by atoms with Crippen molar-refractivity contribution < 1.29 is 8.78 Å². The summed E-state index contributed by atoms with van der Waals surface area (Å²) in [6.07, 6.45) is 0.758. The topological polar surface area (TPSA) is 37.8 Å². The van der Waals surface area contributed by atoms with Gasteiger partial charge in [-0.1, -0.05) is 17.5 Å². The lowest BCUT2D eigenvalue weighted by Gasteiger charge is -2.15. The number of aromatic nitrogens is 2. The van der Waals surface area contributed by atoms with Crippen molar-refractivity contribution in [2.45, 2.75) is 19.4 Å². The largest absolute Gasteiger partial charge is 0.309 e. The monoisotopic (exact) mass is 269 g/mol. The van der Waals surface area contributed by atoms with Gasteiger partial charge < -0.3 is 5.32 Å². The van der Waals surface area contributed by atoms with E-state index < -0.39 is 11.6 Å². The molecule has 0 saturated heterocycles. The molecule has 0 amide bonds. The Morgan fingerprint density at radius 2 is 2.11 bits per heavy atom. The summed E-state index contributed by atoms with van der Waals surface area (Å²) in [7, 11) is 1.77. The van der Waals surface area contributed by atoms with Crippen LogP contribution in [0.25, 0.3) is 0 Å². The van der Waals surface area contributed by atoms with Gasteiger partial charge in [0.15, 0.2) is 11.6 Å². The zero-order valence-corrected chi connectivity index (χ0v) is 10.9. The molecule has 2 aromatic rings. The number of rotatable bonds is 4. The Morgan fingerprint density at radius 3 is 2.72 bits per heavy atom. The van der Waals surface area contributed by atoms with Gasteiger partial charge in [-0.05, 0) is 42.7 Å². The normalized spacial score (nSPS) is 12.7. The van der Waals surface area contributed by atoms with Gasteiger partial charge in [0.25, 0.3) is 0 Å². The van der Waals surface area contributed by atoms with Crippen molar-refractivity contribution >= 4 is 11.5 Å². The molecule has 1 atom stereocenters. The number of nitrogens with one attached hydrogen (secondary N) is 1. The van der Waals surface area contributed by atoms with E-state index in [1.165, 1.54) is 17.6 Å². The molecule has 0 fully saturated rings. The molecule has 18 heavy (non-hydrogen) atoms. The van der Waals surface area contributed by atoms with Crippen molar-refractivity contribution in [2.75, 3.05) is 7.05 Å². The van der Waals surface area contributed by atoms with Gasteiger partial charge in [0.1, 0.15) is 0 Å². The van der Waals surface area contributed by atoms with E-state index in [-0.39, 0.29) is 6.04 Å². The molecule has 1 N–H and O–H groups in total. The summed E-state index contributed by atoms with van der Waals surface area (Å²) in [5, 5.41) is 7.11. The second-order valence-corrected chi connectivity index (χ2v) is 4.62. The number of nitrogens with zero attached hydrogens (tertiary/aromatic N) is 2. The Kier molecular flexibility index (Phi) is 3.98. The summed E-state index contributed by atoms with van der Waals surface area (Å²) in [4.78, 5) is 0.936. The summed E-state index contributed by atoms with van der Waals surface area (Å²) < 4.78 is 30.1. The molecule has 0 saturated carbocycles. The van der Waals surface area contributed by atoms with E-state index in [9.17, 15) is 8.78 Å². The van der Waals surface area contributed by atoms with Crippen molar-refractivity contribution in [3.8, 4) is 0 Å². The van der Waals surface area contributed by atoms with Crippen LogP contribution in [0, 0.1) is 11.6 Å². The first-order chi connectivity index (χ1) is 8.67. The molecule has 0 spiro atoms. The molecular weight excluding hydrogens is 256 g/mol. The molecule has 96 valence electrons. The van der Waals surface area contributed by atoms with Crippen LogP contribution in [-0.2, 0) is 6.42 Å². The van der Waals surface area contributed by atoms with Gasteiger partial charge in [-0.15, -0.1) is 5.10 Å². The maximum Gasteiger partial charge on any atom is 0.159 e. The van der Waals surface area contributed by atoms with Crippen LogP contribution in [0.1, 0.15) is 29.1 Å². The van der Waals surface area contributed by atoms with Crippen LogP contribution in [0.15, 0.2) is 18.2 Å². The highest BCUT2D eigenvalue weighted by Crippen LogP contribution is 2.27. The molecule has 2 rings (SSSR count). The molecule has 0 aliphatic heterocycles. The van der Waals surface area contributed by atoms with Crippen LogP contribution < -0.4 is 5.32 Å². The lowest BCUT2D eigenvalue weighted by Crippen LogP contribution is -2.18. The zero-order chi connectivity index (χ0) is 13.1. The first-order valence-electron chi connectivity index (χ1n) is 5.60. The highest BCUT2D eigenvalue weighted by molar-refractivity contribution is 7.05. The van der Waals surface area contributed by atoms with Crippen LogP contribution in [0.5, 0.6) is 0 Å². The SMILES string of the molecule is CCc1nnsc1C(NC)c1ccc(F)c(F)c1. The Labute approximate surface area is 108 Å². The van der Waals surface area contributed by atoms with Crippen molar-refractivity contribution in [2.24, 2.45) is 0 Å². The average molecular weight is 269 g/mol. The average Bonchev–Trinajstić information content (AvgIpc) is 2.83. The molecular formula is C12H13F2N3S. The molecule has 3 nitrogen and oxygen atoms in total. The van der Waals surface area contributed by atoms with Crippen molar-refractivity contribution in [3.63, 3.8) is 0 Å². The fourth-order valence-corrected chi connectivity index (χ4v) is 2.70. The third-order valence-corrected chi connectivity index (χ3v) is 3.58. The fraction of sp³-hybridized carbons (Fsp3) is 0.333. The first kappa shape index (κ1) is 13.0. The van der Waals surface area contributed by atoms with E-state index in [1.807, 2.05) is 6.92 Å². The van der Waals surface area contributed by atoms with E-state index in [1.54, 1.807) is 13.1 Å². The summed E-state index contributed by atoms with van der Waals surface area (Å²) in [6, 6.07) is 3.69. The van der Waals surface area contributed by atoms with Crippen molar-refractivity contribution in [1.29, 1.82) is 0 Å². The zero-order valence-electron chi connectivity index (χ0n) is 10.1. The van der Waals surface area contributed by atoms with Crippen LogP contribution in [-0.4, -0.2) is 16.6 Å². The summed E-state index contributed by atoms with van der Waals surface area (Å²) in [6.45, 7) is 1.98. The number of hydrogen-bond acceptors (Lipinski definition) is 4. The minimum Gasteiger partial charge on any atom is -0.309 e. The third kappa shape index (κ3) is 2.39. The molecule has 0 radical (unpaired) electrons. The van der Waals surface area contributed by atoms with Crippen LogP contribution in [0.4, 0.5) is 8.78 Å². The van der Waals surface area contributed by atoms with E-state index in [0.29, 0.717) is 5.56 Å². The van der Waals surface area contributed by atoms with E-state index in [4.69, 9.17) is 0 Å². The molecule has 1 aromatic carbocycles. The van der Waals surface area contributed by atoms with E-state index in [0.717, 1.165) is 23.1 Å². The quantitative estimate of drug-likeness (QED) is 0.927. The number of halogens is 2.